The monoisotopic (exact) mass is 277 g/mol. The zero-order valence-corrected chi connectivity index (χ0v) is 10.8. The highest BCUT2D eigenvalue weighted by molar-refractivity contribution is 5.89. The Hall–Kier alpha value is -2.25. The molecule has 0 spiro atoms. The zero-order chi connectivity index (χ0) is 14.4. The van der Waals surface area contributed by atoms with Crippen molar-refractivity contribution in [2.75, 3.05) is 6.61 Å². The van der Waals surface area contributed by atoms with Gasteiger partial charge in [0, 0.05) is 0 Å². The summed E-state index contributed by atoms with van der Waals surface area (Å²) in [6.45, 7) is -0.203. The van der Waals surface area contributed by atoms with Crippen molar-refractivity contribution in [3.63, 3.8) is 0 Å². The van der Waals surface area contributed by atoms with Gasteiger partial charge in [-0.3, -0.25) is 0 Å². The van der Waals surface area contributed by atoms with Gasteiger partial charge < -0.3 is 14.9 Å². The molecule has 2 rings (SSSR count). The van der Waals surface area contributed by atoms with E-state index in [0.29, 0.717) is 17.0 Å². The third-order valence-electron chi connectivity index (χ3n) is 2.76. The first-order chi connectivity index (χ1) is 9.76. The van der Waals surface area contributed by atoms with Gasteiger partial charge in [0.05, 0.1) is 31.0 Å². The number of carbonyl (C=O) groups excluding carboxylic acids is 1. The van der Waals surface area contributed by atoms with Crippen molar-refractivity contribution in [1.29, 1.82) is 0 Å². The lowest BCUT2D eigenvalue weighted by molar-refractivity contribution is 0.0485. The van der Waals surface area contributed by atoms with Gasteiger partial charge in [-0.1, -0.05) is 23.4 Å². The summed E-state index contributed by atoms with van der Waals surface area (Å²) in [6.07, 6.45) is 0. The molecule has 0 saturated heterocycles. The van der Waals surface area contributed by atoms with E-state index in [9.17, 15) is 9.90 Å². The smallest absolute Gasteiger partial charge is 0.338 e. The van der Waals surface area contributed by atoms with Gasteiger partial charge in [-0.15, -0.1) is 5.10 Å². The third-order valence-corrected chi connectivity index (χ3v) is 2.76. The van der Waals surface area contributed by atoms with Crippen molar-refractivity contribution >= 4 is 5.97 Å². The van der Waals surface area contributed by atoms with Crippen LogP contribution in [0.1, 0.15) is 21.7 Å². The van der Waals surface area contributed by atoms with Crippen molar-refractivity contribution in [1.82, 2.24) is 15.0 Å². The zero-order valence-electron chi connectivity index (χ0n) is 10.8. The Morgan fingerprint density at radius 3 is 2.60 bits per heavy atom. The molecule has 2 aromatic rings. The Kier molecular flexibility index (Phi) is 4.80. The van der Waals surface area contributed by atoms with Crippen LogP contribution in [-0.4, -0.2) is 37.8 Å². The average molecular weight is 277 g/mol. The number of aliphatic hydroxyl groups is 2. The molecule has 1 heterocycles. The van der Waals surface area contributed by atoms with Gasteiger partial charge in [-0.25, -0.2) is 9.48 Å². The van der Waals surface area contributed by atoms with Gasteiger partial charge in [-0.2, -0.15) is 0 Å². The molecule has 0 aliphatic rings. The van der Waals surface area contributed by atoms with E-state index in [1.807, 2.05) is 6.07 Å². The van der Waals surface area contributed by atoms with Crippen LogP contribution in [0.15, 0.2) is 30.3 Å². The van der Waals surface area contributed by atoms with E-state index in [-0.39, 0.29) is 26.4 Å². The number of aliphatic hydroxyl groups excluding tert-OH is 2. The highest BCUT2D eigenvalue weighted by atomic mass is 16.5. The van der Waals surface area contributed by atoms with Gasteiger partial charge in [0.1, 0.15) is 12.3 Å². The fourth-order valence-corrected chi connectivity index (χ4v) is 1.73. The number of carbonyl (C=O) groups is 1. The minimum Gasteiger partial charge on any atom is -0.460 e. The van der Waals surface area contributed by atoms with Crippen LogP contribution in [0, 0.1) is 0 Å². The first-order valence-electron chi connectivity index (χ1n) is 6.11. The number of esters is 1. The Morgan fingerprint density at radius 2 is 1.95 bits per heavy atom. The summed E-state index contributed by atoms with van der Waals surface area (Å²) in [7, 11) is 0. The molecule has 0 aliphatic heterocycles. The first kappa shape index (κ1) is 14.2. The predicted molar refractivity (Wildman–Crippen MR) is 68.6 cm³/mol. The normalized spacial score (nSPS) is 10.5. The van der Waals surface area contributed by atoms with Crippen LogP contribution in [0.2, 0.25) is 0 Å². The number of hydrogen-bond acceptors (Lipinski definition) is 6. The molecule has 0 aliphatic carbocycles. The molecule has 7 heteroatoms. The largest absolute Gasteiger partial charge is 0.460 e. The number of benzene rings is 1. The number of nitrogens with zero attached hydrogens (tertiary/aromatic N) is 3. The molecule has 1 aromatic heterocycles. The minimum atomic E-state index is -0.418. The second-order valence-corrected chi connectivity index (χ2v) is 4.02. The maximum atomic E-state index is 11.7. The third kappa shape index (κ3) is 3.19. The number of hydrogen-bond donors (Lipinski definition) is 2. The summed E-state index contributed by atoms with van der Waals surface area (Å²) in [5.41, 5.74) is 1.22. The van der Waals surface area contributed by atoms with E-state index in [0.717, 1.165) is 0 Å². The van der Waals surface area contributed by atoms with E-state index < -0.39 is 5.97 Å². The number of rotatable bonds is 6. The van der Waals surface area contributed by atoms with Crippen LogP contribution in [0.5, 0.6) is 0 Å². The van der Waals surface area contributed by atoms with E-state index >= 15 is 0 Å². The van der Waals surface area contributed by atoms with Gasteiger partial charge in [-0.05, 0) is 12.1 Å². The van der Waals surface area contributed by atoms with Crippen LogP contribution in [0.3, 0.4) is 0 Å². The highest BCUT2D eigenvalue weighted by Gasteiger charge is 2.12. The second kappa shape index (κ2) is 6.78. The molecule has 0 amide bonds. The van der Waals surface area contributed by atoms with Crippen LogP contribution < -0.4 is 0 Å². The SMILES string of the molecule is O=C(OCCn1nnc(CO)c1CO)c1ccccc1. The molecule has 0 radical (unpaired) electrons. The predicted octanol–water partition coefficient (Wildman–Crippen LogP) is 0.120. The van der Waals surface area contributed by atoms with E-state index in [1.165, 1.54) is 4.68 Å². The standard InChI is InChI=1S/C13H15N3O4/c17-8-11-12(9-18)16(15-14-11)6-7-20-13(19)10-4-2-1-3-5-10/h1-5,17-18H,6-9H2. The number of aromatic nitrogens is 3. The van der Waals surface area contributed by atoms with Crippen LogP contribution in [-0.2, 0) is 24.5 Å². The molecule has 0 atom stereocenters. The molecular weight excluding hydrogens is 262 g/mol. The molecule has 0 saturated carbocycles. The summed E-state index contributed by atoms with van der Waals surface area (Å²) in [5.74, 6) is -0.418. The van der Waals surface area contributed by atoms with Gasteiger partial charge in [0.2, 0.25) is 0 Å². The fourth-order valence-electron chi connectivity index (χ4n) is 1.73. The summed E-state index contributed by atoms with van der Waals surface area (Å²) in [4.78, 5) is 11.7. The van der Waals surface area contributed by atoms with Crippen LogP contribution in [0.25, 0.3) is 0 Å². The van der Waals surface area contributed by atoms with Gasteiger partial charge >= 0.3 is 5.97 Å². The lowest BCUT2D eigenvalue weighted by Crippen LogP contribution is -2.14. The molecule has 2 N–H and O–H groups in total. The Morgan fingerprint density at radius 1 is 1.20 bits per heavy atom. The molecule has 0 fully saturated rings. The van der Waals surface area contributed by atoms with E-state index in [2.05, 4.69) is 10.3 Å². The van der Waals surface area contributed by atoms with Gasteiger partial charge in [0.15, 0.2) is 0 Å². The molecule has 106 valence electrons. The van der Waals surface area contributed by atoms with E-state index in [1.54, 1.807) is 24.3 Å². The summed E-state index contributed by atoms with van der Waals surface area (Å²) in [6, 6.07) is 8.66. The summed E-state index contributed by atoms with van der Waals surface area (Å²) < 4.78 is 6.51. The molecule has 7 nitrogen and oxygen atoms in total. The fraction of sp³-hybridized carbons (Fsp3) is 0.308. The minimum absolute atomic E-state index is 0.106. The molecular formula is C13H15N3O4. The molecule has 1 aromatic carbocycles. The first-order valence-corrected chi connectivity index (χ1v) is 6.11. The number of ether oxygens (including phenoxy) is 1. The van der Waals surface area contributed by atoms with Gasteiger partial charge in [0.25, 0.3) is 0 Å². The highest BCUT2D eigenvalue weighted by Crippen LogP contribution is 2.06. The van der Waals surface area contributed by atoms with Crippen molar-refractivity contribution < 1.29 is 19.7 Å². The van der Waals surface area contributed by atoms with Crippen molar-refractivity contribution in [2.45, 2.75) is 19.8 Å². The molecule has 20 heavy (non-hydrogen) atoms. The Balaban J connectivity index is 1.90. The van der Waals surface area contributed by atoms with E-state index in [4.69, 9.17) is 9.84 Å². The molecule has 0 unspecified atom stereocenters. The van der Waals surface area contributed by atoms with Crippen molar-refractivity contribution in [3.05, 3.63) is 47.3 Å². The van der Waals surface area contributed by atoms with Crippen LogP contribution >= 0.6 is 0 Å². The quantitative estimate of drug-likeness (QED) is 0.728. The Bertz CT molecular complexity index is 568. The maximum absolute atomic E-state index is 11.7. The topological polar surface area (TPSA) is 97.5 Å². The molecule has 0 bridgehead atoms. The van der Waals surface area contributed by atoms with Crippen molar-refractivity contribution in [3.8, 4) is 0 Å². The lowest BCUT2D eigenvalue weighted by Gasteiger charge is -2.06. The Labute approximate surface area is 115 Å². The average Bonchev–Trinajstić information content (AvgIpc) is 2.90. The van der Waals surface area contributed by atoms with Crippen molar-refractivity contribution in [2.24, 2.45) is 0 Å². The summed E-state index contributed by atoms with van der Waals surface area (Å²) in [5, 5.41) is 25.7. The summed E-state index contributed by atoms with van der Waals surface area (Å²) >= 11 is 0. The second-order valence-electron chi connectivity index (χ2n) is 4.02. The lowest BCUT2D eigenvalue weighted by atomic mass is 10.2. The maximum Gasteiger partial charge on any atom is 0.338 e. The van der Waals surface area contributed by atoms with Crippen LogP contribution in [0.4, 0.5) is 0 Å².